The lowest BCUT2D eigenvalue weighted by atomic mass is 9.81. The summed E-state index contributed by atoms with van der Waals surface area (Å²) in [6.07, 6.45) is 4.76. The van der Waals surface area contributed by atoms with Gasteiger partial charge in [0.2, 0.25) is 0 Å². The number of hydrogen-bond donors (Lipinski definition) is 2. The lowest BCUT2D eigenvalue weighted by molar-refractivity contribution is 0.260. The average molecular weight is 258 g/mol. The van der Waals surface area contributed by atoms with Crippen molar-refractivity contribution in [3.05, 3.63) is 6.33 Å². The van der Waals surface area contributed by atoms with Crippen molar-refractivity contribution in [1.82, 2.24) is 14.3 Å². The summed E-state index contributed by atoms with van der Waals surface area (Å²) in [5, 5.41) is 0.0451. The molecule has 0 saturated heterocycles. The van der Waals surface area contributed by atoms with E-state index >= 15 is 0 Å². The summed E-state index contributed by atoms with van der Waals surface area (Å²) in [5.41, 5.74) is 5.57. The molecule has 1 aliphatic carbocycles. The van der Waals surface area contributed by atoms with Crippen LogP contribution in [0, 0.1) is 5.92 Å². The minimum Gasteiger partial charge on any atom is -0.381 e. The van der Waals surface area contributed by atoms with Crippen molar-refractivity contribution in [2.45, 2.75) is 37.3 Å². The largest absolute Gasteiger partial charge is 0.381 e. The zero-order valence-corrected chi connectivity index (χ0v) is 10.9. The van der Waals surface area contributed by atoms with Crippen LogP contribution in [-0.4, -0.2) is 24.0 Å². The van der Waals surface area contributed by atoms with Gasteiger partial charge in [0.05, 0.1) is 6.33 Å². The molecule has 7 heteroatoms. The van der Waals surface area contributed by atoms with Crippen molar-refractivity contribution in [3.63, 3.8) is 0 Å². The predicted molar refractivity (Wildman–Crippen MR) is 64.7 cm³/mol. The molecule has 2 rings (SSSR count). The maximum atomic E-state index is 12.1. The molecule has 17 heavy (non-hydrogen) atoms. The lowest BCUT2D eigenvalue weighted by Gasteiger charge is -2.31. The maximum Gasteiger partial charge on any atom is 0.260 e. The summed E-state index contributed by atoms with van der Waals surface area (Å²) in [4.78, 5) is 3.79. The Balaban J connectivity index is 2.19. The van der Waals surface area contributed by atoms with Crippen molar-refractivity contribution >= 4 is 15.8 Å². The number of aromatic nitrogens is 2. The zero-order chi connectivity index (χ0) is 12.6. The lowest BCUT2D eigenvalue weighted by Crippen LogP contribution is -2.41. The first kappa shape index (κ1) is 12.4. The fourth-order valence-electron chi connectivity index (χ4n) is 2.10. The van der Waals surface area contributed by atoms with E-state index in [1.165, 1.54) is 17.3 Å². The van der Waals surface area contributed by atoms with Crippen LogP contribution < -0.4 is 10.5 Å². The maximum absolute atomic E-state index is 12.1. The van der Waals surface area contributed by atoms with E-state index in [1.807, 2.05) is 6.92 Å². The number of rotatable bonds is 4. The van der Waals surface area contributed by atoms with Gasteiger partial charge >= 0.3 is 0 Å². The summed E-state index contributed by atoms with van der Waals surface area (Å²) < 4.78 is 28.4. The molecule has 1 atom stereocenters. The van der Waals surface area contributed by atoms with E-state index in [9.17, 15) is 8.42 Å². The highest BCUT2D eigenvalue weighted by atomic mass is 32.2. The van der Waals surface area contributed by atoms with Gasteiger partial charge in [-0.15, -0.1) is 0 Å². The molecule has 6 nitrogen and oxygen atoms in total. The second-order valence-corrected chi connectivity index (χ2v) is 6.28. The van der Waals surface area contributed by atoms with Crippen molar-refractivity contribution in [2.75, 3.05) is 5.73 Å². The molecule has 1 aromatic rings. The predicted octanol–water partition coefficient (Wildman–Crippen LogP) is 0.469. The zero-order valence-electron chi connectivity index (χ0n) is 10.0. The molecule has 1 aromatic heterocycles. The van der Waals surface area contributed by atoms with Gasteiger partial charge in [0.15, 0.2) is 10.8 Å². The van der Waals surface area contributed by atoms with Crippen LogP contribution in [0.4, 0.5) is 5.82 Å². The minimum absolute atomic E-state index is 0.0424. The van der Waals surface area contributed by atoms with E-state index < -0.39 is 10.0 Å². The molecule has 1 aliphatic rings. The van der Waals surface area contributed by atoms with Gasteiger partial charge in [-0.2, -0.15) is 0 Å². The monoisotopic (exact) mass is 258 g/mol. The number of nitrogens with zero attached hydrogens (tertiary/aromatic N) is 2. The number of nitrogens with one attached hydrogen (secondary N) is 1. The molecule has 1 fully saturated rings. The highest BCUT2D eigenvalue weighted by Crippen LogP contribution is 2.30. The van der Waals surface area contributed by atoms with Crippen LogP contribution in [-0.2, 0) is 17.1 Å². The molecule has 0 aliphatic heterocycles. The summed E-state index contributed by atoms with van der Waals surface area (Å²) >= 11 is 0. The van der Waals surface area contributed by atoms with Crippen LogP contribution in [0.25, 0.3) is 0 Å². The average Bonchev–Trinajstić information content (AvgIpc) is 2.41. The molecule has 1 heterocycles. The Morgan fingerprint density at radius 2 is 2.24 bits per heavy atom. The van der Waals surface area contributed by atoms with Gasteiger partial charge in [0.1, 0.15) is 0 Å². The molecule has 0 spiro atoms. The SMILES string of the molecule is CC(NS(=O)(=O)c1c(N)ncn1C)C1CCC1. The molecular formula is C10H18N4O2S. The van der Waals surface area contributed by atoms with E-state index in [-0.39, 0.29) is 16.9 Å². The second kappa shape index (κ2) is 4.30. The Morgan fingerprint density at radius 3 is 2.65 bits per heavy atom. The quantitative estimate of drug-likeness (QED) is 0.821. The Morgan fingerprint density at radius 1 is 1.59 bits per heavy atom. The molecule has 0 radical (unpaired) electrons. The van der Waals surface area contributed by atoms with Crippen LogP contribution in [0.1, 0.15) is 26.2 Å². The minimum atomic E-state index is -3.57. The molecule has 96 valence electrons. The molecule has 1 unspecified atom stereocenters. The summed E-state index contributed by atoms with van der Waals surface area (Å²) in [6.45, 7) is 1.90. The van der Waals surface area contributed by atoms with Gasteiger partial charge in [-0.3, -0.25) is 0 Å². The standard InChI is InChI=1S/C10H18N4O2S/c1-7(8-4-3-5-8)13-17(15,16)10-9(11)12-6-14(10)2/h6-8,13H,3-5,11H2,1-2H3. The van der Waals surface area contributed by atoms with E-state index in [2.05, 4.69) is 9.71 Å². The van der Waals surface area contributed by atoms with Gasteiger partial charge in [0.25, 0.3) is 10.0 Å². The normalized spacial score (nSPS) is 18.9. The summed E-state index contributed by atoms with van der Waals surface area (Å²) in [5.74, 6) is 0.486. The molecule has 0 aromatic carbocycles. The molecule has 0 amide bonds. The Labute approximate surface area is 101 Å². The topological polar surface area (TPSA) is 90.0 Å². The van der Waals surface area contributed by atoms with E-state index in [0.717, 1.165) is 12.8 Å². The number of nitrogen functional groups attached to an aromatic ring is 1. The fraction of sp³-hybridized carbons (Fsp3) is 0.700. The number of nitrogens with two attached hydrogens (primary N) is 1. The van der Waals surface area contributed by atoms with Crippen molar-refractivity contribution in [2.24, 2.45) is 13.0 Å². The Bertz CT molecular complexity index is 485. The molecular weight excluding hydrogens is 240 g/mol. The number of hydrogen-bond acceptors (Lipinski definition) is 4. The van der Waals surface area contributed by atoms with Gasteiger partial charge < -0.3 is 10.3 Å². The number of imidazole rings is 1. The fourth-order valence-corrected chi connectivity index (χ4v) is 3.65. The number of sulfonamides is 1. The Kier molecular flexibility index (Phi) is 3.13. The first-order valence-electron chi connectivity index (χ1n) is 5.71. The third-order valence-corrected chi connectivity index (χ3v) is 5.05. The van der Waals surface area contributed by atoms with Crippen LogP contribution in [0.3, 0.4) is 0 Å². The second-order valence-electron chi connectivity index (χ2n) is 4.65. The van der Waals surface area contributed by atoms with Crippen molar-refractivity contribution in [1.29, 1.82) is 0 Å². The first-order chi connectivity index (χ1) is 7.92. The Hall–Kier alpha value is -1.08. The van der Waals surface area contributed by atoms with E-state index in [1.54, 1.807) is 7.05 Å². The van der Waals surface area contributed by atoms with Crippen molar-refractivity contribution in [3.8, 4) is 0 Å². The van der Waals surface area contributed by atoms with Gasteiger partial charge in [-0.1, -0.05) is 6.42 Å². The van der Waals surface area contributed by atoms with Crippen LogP contribution in [0.2, 0.25) is 0 Å². The van der Waals surface area contributed by atoms with Gasteiger partial charge in [0, 0.05) is 13.1 Å². The first-order valence-corrected chi connectivity index (χ1v) is 7.19. The smallest absolute Gasteiger partial charge is 0.260 e. The highest BCUT2D eigenvalue weighted by Gasteiger charge is 2.30. The van der Waals surface area contributed by atoms with Gasteiger partial charge in [-0.25, -0.2) is 18.1 Å². The summed E-state index contributed by atoms with van der Waals surface area (Å²) in [6, 6.07) is -0.0527. The van der Waals surface area contributed by atoms with E-state index in [4.69, 9.17) is 5.73 Å². The summed E-state index contributed by atoms with van der Waals surface area (Å²) in [7, 11) is -1.96. The van der Waals surface area contributed by atoms with Gasteiger partial charge in [-0.05, 0) is 25.7 Å². The van der Waals surface area contributed by atoms with Crippen LogP contribution in [0.15, 0.2) is 11.4 Å². The third-order valence-electron chi connectivity index (χ3n) is 3.36. The third kappa shape index (κ3) is 2.30. The van der Waals surface area contributed by atoms with E-state index in [0.29, 0.717) is 5.92 Å². The molecule has 0 bridgehead atoms. The van der Waals surface area contributed by atoms with Crippen molar-refractivity contribution < 1.29 is 8.42 Å². The number of aryl methyl sites for hydroxylation is 1. The molecule has 3 N–H and O–H groups in total. The van der Waals surface area contributed by atoms with Crippen LogP contribution >= 0.6 is 0 Å². The molecule has 1 saturated carbocycles. The number of anilines is 1. The van der Waals surface area contributed by atoms with Crippen LogP contribution in [0.5, 0.6) is 0 Å². The highest BCUT2D eigenvalue weighted by molar-refractivity contribution is 7.89.